The molecular formula is C16H20N2O5S. The van der Waals surface area contributed by atoms with Crippen LogP contribution in [0.3, 0.4) is 0 Å². The van der Waals surface area contributed by atoms with Crippen LogP contribution in [0.4, 0.5) is 0 Å². The normalized spacial score (nSPS) is 24.1. The first-order valence-corrected chi connectivity index (χ1v) is 9.44. The number of carboxylic acids is 1. The van der Waals surface area contributed by atoms with Gasteiger partial charge in [0.05, 0.1) is 10.8 Å². The highest BCUT2D eigenvalue weighted by Crippen LogP contribution is 2.27. The van der Waals surface area contributed by atoms with E-state index >= 15 is 0 Å². The molecular weight excluding hydrogens is 332 g/mol. The Hall–Kier alpha value is -1.93. The van der Waals surface area contributed by atoms with Crippen molar-refractivity contribution in [3.8, 4) is 0 Å². The molecule has 2 atom stereocenters. The van der Waals surface area contributed by atoms with Crippen molar-refractivity contribution >= 4 is 21.9 Å². The zero-order valence-electron chi connectivity index (χ0n) is 13.3. The van der Waals surface area contributed by atoms with E-state index in [1.807, 2.05) is 0 Å². The van der Waals surface area contributed by atoms with Gasteiger partial charge >= 0.3 is 5.97 Å². The fraction of sp³-hybridized carbons (Fsp3) is 0.500. The van der Waals surface area contributed by atoms with E-state index in [9.17, 15) is 18.0 Å². The van der Waals surface area contributed by atoms with E-state index < -0.39 is 21.9 Å². The maximum atomic E-state index is 12.5. The molecule has 0 bridgehead atoms. The minimum Gasteiger partial charge on any atom is -0.481 e. The fourth-order valence-corrected chi connectivity index (χ4v) is 4.29. The van der Waals surface area contributed by atoms with Crippen molar-refractivity contribution in [2.24, 2.45) is 5.92 Å². The van der Waals surface area contributed by atoms with Crippen molar-refractivity contribution in [3.05, 3.63) is 29.8 Å². The third kappa shape index (κ3) is 3.29. The van der Waals surface area contributed by atoms with E-state index in [1.54, 1.807) is 6.92 Å². The van der Waals surface area contributed by atoms with Crippen molar-refractivity contribution < 1.29 is 23.1 Å². The van der Waals surface area contributed by atoms with Gasteiger partial charge in [-0.1, -0.05) is 0 Å². The predicted octanol–water partition coefficient (Wildman–Crippen LogP) is 1.06. The number of likely N-dealkylation sites (tertiary alicyclic amines) is 1. The van der Waals surface area contributed by atoms with Crippen LogP contribution < -0.4 is 4.72 Å². The lowest BCUT2D eigenvalue weighted by Crippen LogP contribution is -2.37. The van der Waals surface area contributed by atoms with Gasteiger partial charge in [-0.05, 0) is 50.5 Å². The molecule has 130 valence electrons. The zero-order chi connectivity index (χ0) is 17.5. The number of carboxylic acid groups (broad SMARTS) is 1. The van der Waals surface area contributed by atoms with Gasteiger partial charge in [-0.2, -0.15) is 0 Å². The van der Waals surface area contributed by atoms with Crippen LogP contribution in [0.5, 0.6) is 0 Å². The summed E-state index contributed by atoms with van der Waals surface area (Å²) in [5.41, 5.74) is 0.360. The lowest BCUT2D eigenvalue weighted by atomic mass is 10.0. The Labute approximate surface area is 140 Å². The van der Waals surface area contributed by atoms with E-state index in [1.165, 1.54) is 29.2 Å². The quantitative estimate of drug-likeness (QED) is 0.825. The molecule has 1 amide bonds. The number of hydrogen-bond acceptors (Lipinski definition) is 4. The van der Waals surface area contributed by atoms with Crippen molar-refractivity contribution in [2.45, 2.75) is 43.2 Å². The van der Waals surface area contributed by atoms with E-state index in [2.05, 4.69) is 4.72 Å². The van der Waals surface area contributed by atoms with Gasteiger partial charge in [-0.3, -0.25) is 9.59 Å². The third-order valence-electron chi connectivity index (χ3n) is 4.64. The maximum Gasteiger partial charge on any atom is 0.308 e. The Morgan fingerprint density at radius 1 is 1.17 bits per heavy atom. The van der Waals surface area contributed by atoms with E-state index in [0.717, 1.165) is 12.8 Å². The van der Waals surface area contributed by atoms with Crippen LogP contribution in [-0.2, 0) is 14.8 Å². The first-order valence-electron chi connectivity index (χ1n) is 7.96. The van der Waals surface area contributed by atoms with Gasteiger partial charge in [0, 0.05) is 24.2 Å². The lowest BCUT2D eigenvalue weighted by molar-refractivity contribution is -0.142. The van der Waals surface area contributed by atoms with Crippen LogP contribution in [0.25, 0.3) is 0 Å². The standard InChI is InChI=1S/C16H20N2O5S/c1-10-14(16(20)21)8-9-18(10)15(19)11-2-6-13(7-3-11)24(22,23)17-12-4-5-12/h2-3,6-7,10,12,14,17H,4-5,8-9H2,1H3,(H,20,21). The van der Waals surface area contributed by atoms with E-state index in [-0.39, 0.29) is 22.9 Å². The van der Waals surface area contributed by atoms with Gasteiger partial charge in [-0.15, -0.1) is 0 Å². The monoisotopic (exact) mass is 352 g/mol. The molecule has 1 aliphatic heterocycles. The summed E-state index contributed by atoms with van der Waals surface area (Å²) in [4.78, 5) is 25.4. The van der Waals surface area contributed by atoms with Crippen molar-refractivity contribution in [1.29, 1.82) is 0 Å². The number of nitrogens with one attached hydrogen (secondary N) is 1. The average Bonchev–Trinajstić information content (AvgIpc) is 3.25. The summed E-state index contributed by atoms with van der Waals surface area (Å²) in [5, 5.41) is 9.15. The number of amides is 1. The second-order valence-corrected chi connectivity index (χ2v) is 8.11. The van der Waals surface area contributed by atoms with Crippen LogP contribution in [0.2, 0.25) is 0 Å². The molecule has 0 spiro atoms. The SMILES string of the molecule is CC1C(C(=O)O)CCN1C(=O)c1ccc(S(=O)(=O)NC2CC2)cc1. The highest BCUT2D eigenvalue weighted by molar-refractivity contribution is 7.89. The molecule has 0 aromatic heterocycles. The molecule has 1 aliphatic carbocycles. The summed E-state index contributed by atoms with van der Waals surface area (Å²) in [6.07, 6.45) is 2.14. The molecule has 1 saturated heterocycles. The molecule has 1 aromatic rings. The smallest absolute Gasteiger partial charge is 0.308 e. The Balaban J connectivity index is 1.73. The van der Waals surface area contributed by atoms with Crippen LogP contribution in [0.15, 0.2) is 29.2 Å². The molecule has 2 unspecified atom stereocenters. The van der Waals surface area contributed by atoms with Gasteiger partial charge in [0.1, 0.15) is 0 Å². The van der Waals surface area contributed by atoms with Crippen LogP contribution in [0, 0.1) is 5.92 Å². The number of hydrogen-bond donors (Lipinski definition) is 2. The molecule has 2 aliphatic rings. The Morgan fingerprint density at radius 3 is 2.29 bits per heavy atom. The first-order chi connectivity index (χ1) is 11.3. The summed E-state index contributed by atoms with van der Waals surface area (Å²) in [5.74, 6) is -1.73. The fourth-order valence-electron chi connectivity index (χ4n) is 2.99. The van der Waals surface area contributed by atoms with Crippen LogP contribution >= 0.6 is 0 Å². The zero-order valence-corrected chi connectivity index (χ0v) is 14.1. The molecule has 1 heterocycles. The predicted molar refractivity (Wildman–Crippen MR) is 86.0 cm³/mol. The van der Waals surface area contributed by atoms with E-state index in [4.69, 9.17) is 5.11 Å². The highest BCUT2D eigenvalue weighted by Gasteiger charge is 2.38. The molecule has 1 aromatic carbocycles. The number of benzene rings is 1. The van der Waals surface area contributed by atoms with Crippen molar-refractivity contribution in [1.82, 2.24) is 9.62 Å². The largest absolute Gasteiger partial charge is 0.481 e. The first kappa shape index (κ1) is 16.9. The molecule has 24 heavy (non-hydrogen) atoms. The molecule has 8 heteroatoms. The lowest BCUT2D eigenvalue weighted by Gasteiger charge is -2.23. The molecule has 0 radical (unpaired) electrons. The summed E-state index contributed by atoms with van der Waals surface area (Å²) < 4.78 is 26.8. The number of sulfonamides is 1. The second kappa shape index (κ2) is 6.18. The van der Waals surface area contributed by atoms with Gasteiger partial charge in [-0.25, -0.2) is 13.1 Å². The molecule has 1 saturated carbocycles. The topological polar surface area (TPSA) is 104 Å². The minimum absolute atomic E-state index is 0.0229. The average molecular weight is 352 g/mol. The summed E-state index contributed by atoms with van der Waals surface area (Å²) in [6.45, 7) is 2.11. The van der Waals surface area contributed by atoms with Gasteiger partial charge in [0.2, 0.25) is 10.0 Å². The number of nitrogens with zero attached hydrogens (tertiary/aromatic N) is 1. The number of aliphatic carboxylic acids is 1. The van der Waals surface area contributed by atoms with Crippen molar-refractivity contribution in [3.63, 3.8) is 0 Å². The minimum atomic E-state index is -3.54. The molecule has 2 N–H and O–H groups in total. The van der Waals surface area contributed by atoms with Gasteiger partial charge in [0.25, 0.3) is 5.91 Å². The summed E-state index contributed by atoms with van der Waals surface area (Å²) in [6, 6.07) is 5.42. The van der Waals surface area contributed by atoms with Gasteiger partial charge < -0.3 is 10.0 Å². The second-order valence-electron chi connectivity index (χ2n) is 6.39. The number of carbonyl (C=O) groups excluding carboxylic acids is 1. The summed E-state index contributed by atoms with van der Waals surface area (Å²) >= 11 is 0. The van der Waals surface area contributed by atoms with Crippen LogP contribution in [-0.4, -0.2) is 48.9 Å². The van der Waals surface area contributed by atoms with E-state index in [0.29, 0.717) is 18.5 Å². The summed E-state index contributed by atoms with van der Waals surface area (Å²) in [7, 11) is -3.54. The van der Waals surface area contributed by atoms with Gasteiger partial charge in [0.15, 0.2) is 0 Å². The molecule has 7 nitrogen and oxygen atoms in total. The van der Waals surface area contributed by atoms with Crippen molar-refractivity contribution in [2.75, 3.05) is 6.54 Å². The maximum absolute atomic E-state index is 12.5. The highest BCUT2D eigenvalue weighted by atomic mass is 32.2. The number of rotatable bonds is 5. The van der Waals surface area contributed by atoms with Crippen LogP contribution in [0.1, 0.15) is 36.5 Å². The molecule has 2 fully saturated rings. The Bertz CT molecular complexity index is 755. The molecule has 3 rings (SSSR count). The number of carbonyl (C=O) groups is 2. The Kier molecular flexibility index (Phi) is 4.35. The third-order valence-corrected chi connectivity index (χ3v) is 6.18. The Morgan fingerprint density at radius 2 is 1.79 bits per heavy atom.